The van der Waals surface area contributed by atoms with Gasteiger partial charge in [0, 0.05) is 47.7 Å². The number of anilines is 3. The van der Waals surface area contributed by atoms with E-state index in [-0.39, 0.29) is 30.3 Å². The quantitative estimate of drug-likeness (QED) is 0.140. The standard InChI is InChI=1S/C38H45FN6O4Si/c1-25-35(50(2,3)39)34(18-20-44-23-32(42-43-44)30(24-46)26-11-6-4-7-12-26)49-38(25)31-21-28(41-36(47)27-13-10-19-40-22-27)16-17-33(31)45(37(38)48)29-14-8-5-9-15-29/h4-9,11-12,14-17,21,23,25,27,30,34-35,40,46H,10,13,18-20,22,24H2,1-3H3,(H,41,47)/t25-,27?,30?,34+,35-,38+/m0/s1. The smallest absolute Gasteiger partial charge is 0.268 e. The lowest BCUT2D eigenvalue weighted by Crippen LogP contribution is -2.44. The number of halogens is 1. The molecule has 3 aliphatic rings. The Bertz CT molecular complexity index is 1830. The van der Waals surface area contributed by atoms with Gasteiger partial charge in [0.25, 0.3) is 5.91 Å². The number of para-hydroxylation sites is 1. The van der Waals surface area contributed by atoms with Crippen LogP contribution in [-0.2, 0) is 26.5 Å². The molecule has 2 amide bonds. The fourth-order valence-electron chi connectivity index (χ4n) is 8.37. The van der Waals surface area contributed by atoms with E-state index in [9.17, 15) is 14.7 Å². The molecule has 262 valence electrons. The number of ether oxygens (including phenoxy) is 1. The highest BCUT2D eigenvalue weighted by molar-refractivity contribution is 6.72. The highest BCUT2D eigenvalue weighted by Gasteiger charge is 2.67. The maximum atomic E-state index is 16.5. The van der Waals surface area contributed by atoms with Gasteiger partial charge in [0.15, 0.2) is 5.60 Å². The number of aryl methyl sites for hydroxylation is 1. The highest BCUT2D eigenvalue weighted by atomic mass is 28.4. The van der Waals surface area contributed by atoms with Crippen LogP contribution in [0.5, 0.6) is 0 Å². The van der Waals surface area contributed by atoms with E-state index in [1.807, 2.05) is 92.0 Å². The second-order valence-electron chi connectivity index (χ2n) is 14.4. The van der Waals surface area contributed by atoms with Crippen LogP contribution in [0, 0.1) is 11.8 Å². The lowest BCUT2D eigenvalue weighted by atomic mass is 9.82. The second-order valence-corrected chi connectivity index (χ2v) is 18.1. The Morgan fingerprint density at radius 1 is 1.14 bits per heavy atom. The van der Waals surface area contributed by atoms with Gasteiger partial charge in [-0.1, -0.05) is 60.7 Å². The largest absolute Gasteiger partial charge is 0.395 e. The van der Waals surface area contributed by atoms with Crippen molar-refractivity contribution in [3.8, 4) is 0 Å². The number of piperidine rings is 1. The van der Waals surface area contributed by atoms with E-state index in [2.05, 4.69) is 20.9 Å². The number of nitrogens with one attached hydrogen (secondary N) is 2. The molecule has 12 heteroatoms. The SMILES string of the molecule is C[C@H]1[C@H]([Si](C)(C)F)[C@@H](CCn2cc(C(CO)c3ccccc3)nn2)O[C@]12C(=O)N(c1ccccc1)c1ccc(NC(=O)C3CCCNC3)cc12. The van der Waals surface area contributed by atoms with Crippen LogP contribution in [-0.4, -0.2) is 66.1 Å². The molecule has 6 atom stereocenters. The van der Waals surface area contributed by atoms with Gasteiger partial charge in [0.1, 0.15) is 0 Å². The van der Waals surface area contributed by atoms with E-state index in [0.29, 0.717) is 47.8 Å². The van der Waals surface area contributed by atoms with Crippen LogP contribution in [0.2, 0.25) is 18.6 Å². The van der Waals surface area contributed by atoms with E-state index >= 15 is 4.11 Å². The average Bonchev–Trinajstić information content (AvgIpc) is 3.78. The average molecular weight is 697 g/mol. The zero-order chi connectivity index (χ0) is 35.0. The first kappa shape index (κ1) is 34.2. The summed E-state index contributed by atoms with van der Waals surface area (Å²) < 4.78 is 25.2. The van der Waals surface area contributed by atoms with E-state index in [1.165, 1.54) is 0 Å². The van der Waals surface area contributed by atoms with Crippen LogP contribution in [0.15, 0.2) is 85.1 Å². The van der Waals surface area contributed by atoms with Gasteiger partial charge in [-0.2, -0.15) is 0 Å². The normalized spacial score (nSPS) is 25.5. The number of amides is 2. The monoisotopic (exact) mass is 696 g/mol. The summed E-state index contributed by atoms with van der Waals surface area (Å²) in [6.45, 7) is 7.12. The third-order valence-corrected chi connectivity index (χ3v) is 13.2. The Morgan fingerprint density at radius 3 is 2.56 bits per heavy atom. The van der Waals surface area contributed by atoms with Crippen LogP contribution >= 0.6 is 0 Å². The van der Waals surface area contributed by atoms with Gasteiger partial charge in [0.05, 0.1) is 35.9 Å². The molecule has 50 heavy (non-hydrogen) atoms. The minimum Gasteiger partial charge on any atom is -0.395 e. The number of hydrogen-bond donors (Lipinski definition) is 3. The summed E-state index contributed by atoms with van der Waals surface area (Å²) >= 11 is 0. The number of fused-ring (bicyclic) bond motifs is 2. The number of nitrogens with zero attached hydrogens (tertiary/aromatic N) is 4. The zero-order valence-electron chi connectivity index (χ0n) is 28.8. The molecule has 0 radical (unpaired) electrons. The first-order valence-electron chi connectivity index (χ1n) is 17.6. The van der Waals surface area contributed by atoms with Gasteiger partial charge >= 0.3 is 0 Å². The van der Waals surface area contributed by atoms with Crippen molar-refractivity contribution < 1.29 is 23.5 Å². The molecule has 0 aliphatic carbocycles. The lowest BCUT2D eigenvalue weighted by molar-refractivity contribution is -0.145. The maximum absolute atomic E-state index is 16.5. The molecular weight excluding hydrogens is 652 g/mol. The molecule has 3 aromatic carbocycles. The Balaban J connectivity index is 1.21. The van der Waals surface area contributed by atoms with Crippen LogP contribution in [0.3, 0.4) is 0 Å². The summed E-state index contributed by atoms with van der Waals surface area (Å²) in [6, 6.07) is 24.6. The van der Waals surface area contributed by atoms with Crippen molar-refractivity contribution in [2.75, 3.05) is 29.9 Å². The molecule has 2 fully saturated rings. The summed E-state index contributed by atoms with van der Waals surface area (Å²) in [5, 5.41) is 25.3. The minimum absolute atomic E-state index is 0.0632. The number of rotatable bonds is 10. The molecule has 10 nitrogen and oxygen atoms in total. The van der Waals surface area contributed by atoms with Gasteiger partial charge in [-0.3, -0.25) is 19.2 Å². The molecule has 3 aliphatic heterocycles. The van der Waals surface area contributed by atoms with E-state index in [4.69, 9.17) is 4.74 Å². The number of aliphatic hydroxyl groups excluding tert-OH is 1. The number of benzene rings is 3. The Morgan fingerprint density at radius 2 is 1.88 bits per heavy atom. The molecule has 4 aromatic rings. The van der Waals surface area contributed by atoms with Crippen LogP contribution in [0.1, 0.15) is 48.9 Å². The van der Waals surface area contributed by atoms with E-state index in [1.54, 1.807) is 22.7 Å². The number of aromatic nitrogens is 3. The minimum atomic E-state index is -3.41. The predicted molar refractivity (Wildman–Crippen MR) is 192 cm³/mol. The molecule has 1 spiro atoms. The Hall–Kier alpha value is -4.23. The summed E-state index contributed by atoms with van der Waals surface area (Å²) in [5.41, 5.74) is 2.22. The molecule has 7 rings (SSSR count). The number of hydrogen-bond acceptors (Lipinski definition) is 7. The van der Waals surface area contributed by atoms with Crippen molar-refractivity contribution in [1.29, 1.82) is 0 Å². The molecular formula is C38H45FN6O4Si. The molecule has 1 aromatic heterocycles. The van der Waals surface area contributed by atoms with Gasteiger partial charge in [0.2, 0.25) is 14.3 Å². The molecule has 0 saturated carbocycles. The fourth-order valence-corrected chi connectivity index (χ4v) is 10.9. The van der Waals surface area contributed by atoms with Crippen LogP contribution in [0.25, 0.3) is 0 Å². The summed E-state index contributed by atoms with van der Waals surface area (Å²) in [4.78, 5) is 29.8. The van der Waals surface area contributed by atoms with E-state index < -0.39 is 31.6 Å². The first-order valence-corrected chi connectivity index (χ1v) is 20.6. The lowest BCUT2D eigenvalue weighted by Gasteiger charge is -2.31. The van der Waals surface area contributed by atoms with Crippen molar-refractivity contribution in [1.82, 2.24) is 20.3 Å². The van der Waals surface area contributed by atoms with Crippen molar-refractivity contribution in [2.45, 2.75) is 69.0 Å². The molecule has 2 unspecified atom stereocenters. The summed E-state index contributed by atoms with van der Waals surface area (Å²) in [5.74, 6) is -1.27. The Labute approximate surface area is 293 Å². The number of carbonyl (C=O) groups is 2. The van der Waals surface area contributed by atoms with Gasteiger partial charge in [-0.25, -0.2) is 0 Å². The topological polar surface area (TPSA) is 122 Å². The Kier molecular flexibility index (Phi) is 9.46. The summed E-state index contributed by atoms with van der Waals surface area (Å²) in [6.07, 6.45) is 3.40. The van der Waals surface area contributed by atoms with Gasteiger partial charge < -0.3 is 24.6 Å². The first-order chi connectivity index (χ1) is 24.1. The van der Waals surface area contributed by atoms with Crippen molar-refractivity contribution in [3.63, 3.8) is 0 Å². The van der Waals surface area contributed by atoms with Crippen molar-refractivity contribution in [2.24, 2.45) is 11.8 Å². The third-order valence-electron chi connectivity index (χ3n) is 10.8. The second kappa shape index (κ2) is 13.8. The molecule has 3 N–H and O–H groups in total. The van der Waals surface area contributed by atoms with Crippen molar-refractivity contribution in [3.05, 3.63) is 102 Å². The van der Waals surface area contributed by atoms with E-state index in [0.717, 1.165) is 24.9 Å². The number of carbonyl (C=O) groups excluding carboxylic acids is 2. The highest BCUT2D eigenvalue weighted by Crippen LogP contribution is 2.61. The van der Waals surface area contributed by atoms with Crippen molar-refractivity contribution >= 4 is 37.3 Å². The fraction of sp³-hybridized carbons (Fsp3) is 0.421. The van der Waals surface area contributed by atoms with Gasteiger partial charge in [-0.15, -0.1) is 5.10 Å². The third kappa shape index (κ3) is 6.18. The zero-order valence-corrected chi connectivity index (χ0v) is 29.8. The maximum Gasteiger partial charge on any atom is 0.268 e. The molecule has 0 bridgehead atoms. The van der Waals surface area contributed by atoms with Gasteiger partial charge in [-0.05, 0) is 74.8 Å². The molecule has 2 saturated heterocycles. The van der Waals surface area contributed by atoms with Crippen LogP contribution in [0.4, 0.5) is 21.2 Å². The van der Waals surface area contributed by atoms with Crippen LogP contribution < -0.4 is 15.5 Å². The predicted octanol–water partition coefficient (Wildman–Crippen LogP) is 5.88. The summed E-state index contributed by atoms with van der Waals surface area (Å²) in [7, 11) is -3.41. The molecule has 4 heterocycles. The number of aliphatic hydroxyl groups is 1.